The van der Waals surface area contributed by atoms with Crippen molar-refractivity contribution in [1.82, 2.24) is 5.32 Å². The Balaban J connectivity index is 1.84. The third kappa shape index (κ3) is 5.15. The standard InChI is InChI=1S/C16H23F2NOS/c1-11(19-13-5-9-15(21-2)10-6-13)12-3-7-14(8-4-12)20-16(17)18/h3-4,7-8,11,13,15-16,19H,5-6,9-10H2,1-2H3. The van der Waals surface area contributed by atoms with Gasteiger partial charge in [-0.15, -0.1) is 0 Å². The molecule has 0 saturated heterocycles. The third-order valence-corrected chi connectivity index (χ3v) is 5.24. The van der Waals surface area contributed by atoms with Crippen LogP contribution >= 0.6 is 11.8 Å². The monoisotopic (exact) mass is 315 g/mol. The van der Waals surface area contributed by atoms with E-state index in [9.17, 15) is 8.78 Å². The second kappa shape index (κ2) is 7.99. The van der Waals surface area contributed by atoms with Gasteiger partial charge in [0.15, 0.2) is 0 Å². The molecule has 0 bridgehead atoms. The van der Waals surface area contributed by atoms with E-state index in [0.717, 1.165) is 10.8 Å². The normalized spacial score (nSPS) is 24.0. The van der Waals surface area contributed by atoms with E-state index < -0.39 is 6.61 Å². The summed E-state index contributed by atoms with van der Waals surface area (Å²) >= 11 is 1.97. The van der Waals surface area contributed by atoms with Crippen LogP contribution in [0.4, 0.5) is 8.78 Å². The van der Waals surface area contributed by atoms with Crippen molar-refractivity contribution < 1.29 is 13.5 Å². The Bertz CT molecular complexity index is 419. The molecule has 0 spiro atoms. The SMILES string of the molecule is CSC1CCC(NC(C)c2ccc(OC(F)F)cc2)CC1. The molecule has 1 aliphatic rings. The molecule has 1 atom stereocenters. The van der Waals surface area contributed by atoms with E-state index in [4.69, 9.17) is 0 Å². The molecular weight excluding hydrogens is 292 g/mol. The number of hydrogen-bond donors (Lipinski definition) is 1. The van der Waals surface area contributed by atoms with Crippen LogP contribution in [0.3, 0.4) is 0 Å². The fraction of sp³-hybridized carbons (Fsp3) is 0.625. The molecule has 1 saturated carbocycles. The lowest BCUT2D eigenvalue weighted by atomic mass is 9.93. The van der Waals surface area contributed by atoms with Crippen LogP contribution in [0.1, 0.15) is 44.2 Å². The summed E-state index contributed by atoms with van der Waals surface area (Å²) in [6.07, 6.45) is 7.15. The summed E-state index contributed by atoms with van der Waals surface area (Å²) in [6.45, 7) is -0.651. The fourth-order valence-electron chi connectivity index (χ4n) is 2.85. The van der Waals surface area contributed by atoms with Gasteiger partial charge in [-0.05, 0) is 56.6 Å². The molecule has 1 fully saturated rings. The quantitative estimate of drug-likeness (QED) is 0.828. The maximum Gasteiger partial charge on any atom is 0.387 e. The Morgan fingerprint density at radius 2 is 1.76 bits per heavy atom. The van der Waals surface area contributed by atoms with E-state index in [-0.39, 0.29) is 11.8 Å². The van der Waals surface area contributed by atoms with Gasteiger partial charge in [0.1, 0.15) is 5.75 Å². The van der Waals surface area contributed by atoms with E-state index in [2.05, 4.69) is 23.2 Å². The van der Waals surface area contributed by atoms with Crippen molar-refractivity contribution in [2.24, 2.45) is 0 Å². The Kier molecular flexibility index (Phi) is 6.30. The number of rotatable bonds is 6. The van der Waals surface area contributed by atoms with Crippen LogP contribution in [-0.4, -0.2) is 24.2 Å². The minimum atomic E-state index is -2.77. The lowest BCUT2D eigenvalue weighted by molar-refractivity contribution is -0.0498. The summed E-state index contributed by atoms with van der Waals surface area (Å²) in [7, 11) is 0. The number of halogens is 2. The number of ether oxygens (including phenoxy) is 1. The van der Waals surface area contributed by atoms with Crippen LogP contribution in [0.2, 0.25) is 0 Å². The van der Waals surface area contributed by atoms with Gasteiger partial charge in [-0.3, -0.25) is 0 Å². The summed E-state index contributed by atoms with van der Waals surface area (Å²) in [5.41, 5.74) is 1.10. The molecule has 1 aliphatic carbocycles. The number of benzene rings is 1. The molecule has 21 heavy (non-hydrogen) atoms. The average Bonchev–Trinajstić information content (AvgIpc) is 2.48. The minimum absolute atomic E-state index is 0.210. The Morgan fingerprint density at radius 3 is 2.29 bits per heavy atom. The van der Waals surface area contributed by atoms with Gasteiger partial charge in [0.25, 0.3) is 0 Å². The van der Waals surface area contributed by atoms with Crippen molar-refractivity contribution in [2.75, 3.05) is 6.26 Å². The number of nitrogens with one attached hydrogen (secondary N) is 1. The van der Waals surface area contributed by atoms with E-state index in [1.54, 1.807) is 12.1 Å². The van der Waals surface area contributed by atoms with E-state index in [1.165, 1.54) is 25.7 Å². The van der Waals surface area contributed by atoms with Crippen molar-refractivity contribution in [3.05, 3.63) is 29.8 Å². The van der Waals surface area contributed by atoms with Crippen molar-refractivity contribution >= 4 is 11.8 Å². The van der Waals surface area contributed by atoms with Crippen molar-refractivity contribution in [2.45, 2.75) is 56.6 Å². The molecule has 2 nitrogen and oxygen atoms in total. The van der Waals surface area contributed by atoms with Gasteiger partial charge in [0, 0.05) is 17.3 Å². The van der Waals surface area contributed by atoms with Crippen LogP contribution in [0.15, 0.2) is 24.3 Å². The number of alkyl halides is 2. The first-order valence-corrected chi connectivity index (χ1v) is 8.71. The first-order valence-electron chi connectivity index (χ1n) is 7.42. The van der Waals surface area contributed by atoms with Crippen LogP contribution < -0.4 is 10.1 Å². The zero-order valence-electron chi connectivity index (χ0n) is 12.5. The molecule has 0 aromatic heterocycles. The van der Waals surface area contributed by atoms with Crippen molar-refractivity contribution in [1.29, 1.82) is 0 Å². The van der Waals surface area contributed by atoms with E-state index >= 15 is 0 Å². The molecule has 5 heteroatoms. The topological polar surface area (TPSA) is 21.3 Å². The first-order chi connectivity index (χ1) is 10.1. The molecule has 0 aliphatic heterocycles. The van der Waals surface area contributed by atoms with Gasteiger partial charge in [0.2, 0.25) is 0 Å². The van der Waals surface area contributed by atoms with Gasteiger partial charge < -0.3 is 10.1 Å². The lowest BCUT2D eigenvalue weighted by Crippen LogP contribution is -2.35. The average molecular weight is 315 g/mol. The predicted molar refractivity (Wildman–Crippen MR) is 84.2 cm³/mol. The van der Waals surface area contributed by atoms with Crippen molar-refractivity contribution in [3.63, 3.8) is 0 Å². The van der Waals surface area contributed by atoms with Crippen LogP contribution in [0.25, 0.3) is 0 Å². The second-order valence-electron chi connectivity index (χ2n) is 5.55. The van der Waals surface area contributed by atoms with Gasteiger partial charge in [0.05, 0.1) is 0 Å². The van der Waals surface area contributed by atoms with E-state index in [1.807, 2.05) is 23.9 Å². The highest BCUT2D eigenvalue weighted by Gasteiger charge is 2.21. The molecule has 118 valence electrons. The predicted octanol–water partition coefficient (Wildman–Crippen LogP) is 4.61. The summed E-state index contributed by atoms with van der Waals surface area (Å²) in [5, 5.41) is 4.45. The number of hydrogen-bond acceptors (Lipinski definition) is 3. The Hall–Kier alpha value is -0.810. The highest BCUT2D eigenvalue weighted by atomic mass is 32.2. The Morgan fingerprint density at radius 1 is 1.14 bits per heavy atom. The summed E-state index contributed by atoms with van der Waals surface area (Å²) < 4.78 is 28.6. The molecule has 0 radical (unpaired) electrons. The van der Waals surface area contributed by atoms with Gasteiger partial charge >= 0.3 is 6.61 Å². The van der Waals surface area contributed by atoms with Crippen LogP contribution in [0.5, 0.6) is 5.75 Å². The van der Waals surface area contributed by atoms with Crippen LogP contribution in [0, 0.1) is 0 Å². The zero-order valence-corrected chi connectivity index (χ0v) is 13.3. The smallest absolute Gasteiger partial charge is 0.387 e. The zero-order chi connectivity index (χ0) is 15.2. The summed E-state index contributed by atoms with van der Waals surface area (Å²) in [4.78, 5) is 0. The van der Waals surface area contributed by atoms with Gasteiger partial charge in [-0.2, -0.15) is 20.5 Å². The number of thioether (sulfide) groups is 1. The highest BCUT2D eigenvalue weighted by Crippen LogP contribution is 2.28. The van der Waals surface area contributed by atoms with Crippen LogP contribution in [-0.2, 0) is 0 Å². The second-order valence-corrected chi connectivity index (χ2v) is 6.68. The molecule has 0 heterocycles. The third-order valence-electron chi connectivity index (χ3n) is 4.10. The molecule has 0 amide bonds. The lowest BCUT2D eigenvalue weighted by Gasteiger charge is -2.30. The summed E-state index contributed by atoms with van der Waals surface area (Å²) in [5.74, 6) is 0.210. The van der Waals surface area contributed by atoms with Crippen molar-refractivity contribution in [3.8, 4) is 5.75 Å². The maximum atomic E-state index is 12.1. The summed E-state index contributed by atoms with van der Waals surface area (Å²) in [6, 6.07) is 7.68. The van der Waals surface area contributed by atoms with Gasteiger partial charge in [-0.1, -0.05) is 12.1 Å². The Labute approximate surface area is 129 Å². The fourth-order valence-corrected chi connectivity index (χ4v) is 3.60. The molecule has 2 rings (SSSR count). The highest BCUT2D eigenvalue weighted by molar-refractivity contribution is 7.99. The molecular formula is C16H23F2NOS. The largest absolute Gasteiger partial charge is 0.435 e. The molecule has 1 aromatic carbocycles. The van der Waals surface area contributed by atoms with Gasteiger partial charge in [-0.25, -0.2) is 0 Å². The minimum Gasteiger partial charge on any atom is -0.435 e. The maximum absolute atomic E-state index is 12.1. The molecule has 1 aromatic rings. The molecule has 1 N–H and O–H groups in total. The molecule has 1 unspecified atom stereocenters. The van der Waals surface area contributed by atoms with E-state index in [0.29, 0.717) is 6.04 Å². The first kappa shape index (κ1) is 16.6.